The maximum absolute atomic E-state index is 14.7. The number of benzene rings is 4. The smallest absolute Gasteiger partial charge is 0.411 e. The highest BCUT2D eigenvalue weighted by atomic mass is 19.4. The predicted octanol–water partition coefficient (Wildman–Crippen LogP) is 9.23. The Labute approximate surface area is 240 Å². The lowest BCUT2D eigenvalue weighted by atomic mass is 9.72. The molecule has 0 fully saturated rings. The molecule has 6 nitrogen and oxygen atoms in total. The number of hydrogen-bond donors (Lipinski definition) is 0. The third-order valence-corrected chi connectivity index (χ3v) is 6.54. The van der Waals surface area contributed by atoms with Gasteiger partial charge < -0.3 is 9.47 Å². The average Bonchev–Trinajstić information content (AvgIpc) is 2.93. The van der Waals surface area contributed by atoms with Crippen LogP contribution in [0, 0.1) is 13.8 Å². The van der Waals surface area contributed by atoms with Crippen molar-refractivity contribution >= 4 is 23.5 Å². The Morgan fingerprint density at radius 3 is 1.19 bits per heavy atom. The second-order valence-corrected chi connectivity index (χ2v) is 9.30. The van der Waals surface area contributed by atoms with Gasteiger partial charge in [0.25, 0.3) is 0 Å². The highest BCUT2D eigenvalue weighted by Crippen LogP contribution is 2.57. The van der Waals surface area contributed by atoms with Crippen LogP contribution in [0.3, 0.4) is 0 Å². The highest BCUT2D eigenvalue weighted by Gasteiger charge is 2.72. The quantitative estimate of drug-likeness (QED) is 0.115. The molecule has 0 saturated carbocycles. The van der Waals surface area contributed by atoms with Crippen LogP contribution in [0.4, 0.5) is 37.7 Å². The number of isocyanates is 2. The van der Waals surface area contributed by atoms with E-state index in [0.29, 0.717) is 0 Å². The predicted molar refractivity (Wildman–Crippen MR) is 144 cm³/mol. The van der Waals surface area contributed by atoms with Crippen LogP contribution in [0.2, 0.25) is 0 Å². The van der Waals surface area contributed by atoms with E-state index in [1.807, 2.05) is 0 Å². The molecule has 4 aromatic rings. The fraction of sp³-hybridized carbons (Fsp3) is 0.161. The second-order valence-electron chi connectivity index (χ2n) is 9.30. The Morgan fingerprint density at radius 2 is 0.907 bits per heavy atom. The molecule has 12 heteroatoms. The Bertz CT molecular complexity index is 1590. The van der Waals surface area contributed by atoms with Gasteiger partial charge in [-0.05, 0) is 96.8 Å². The summed E-state index contributed by atoms with van der Waals surface area (Å²) in [6.45, 7) is 2.66. The lowest BCUT2D eigenvalue weighted by molar-refractivity contribution is -0.288. The summed E-state index contributed by atoms with van der Waals surface area (Å²) in [6, 6.07) is 16.6. The van der Waals surface area contributed by atoms with Gasteiger partial charge in [0.05, 0.1) is 11.4 Å². The van der Waals surface area contributed by atoms with Crippen molar-refractivity contribution in [3.63, 3.8) is 0 Å². The van der Waals surface area contributed by atoms with E-state index in [1.165, 1.54) is 74.5 Å². The molecule has 0 saturated heterocycles. The molecule has 0 aliphatic rings. The third-order valence-electron chi connectivity index (χ3n) is 6.54. The van der Waals surface area contributed by atoms with E-state index < -0.39 is 28.9 Å². The molecule has 0 bridgehead atoms. The van der Waals surface area contributed by atoms with E-state index >= 15 is 0 Å². The lowest BCUT2D eigenvalue weighted by Gasteiger charge is -2.38. The molecule has 0 atom stereocenters. The van der Waals surface area contributed by atoms with E-state index in [4.69, 9.17) is 9.47 Å². The van der Waals surface area contributed by atoms with Crippen LogP contribution in [0.1, 0.15) is 22.3 Å². The van der Waals surface area contributed by atoms with E-state index in [2.05, 4.69) is 9.98 Å². The summed E-state index contributed by atoms with van der Waals surface area (Å²) in [5.74, 6) is 0.490. The van der Waals surface area contributed by atoms with Crippen molar-refractivity contribution in [2.75, 3.05) is 0 Å². The molecule has 0 aromatic heterocycles. The van der Waals surface area contributed by atoms with Crippen molar-refractivity contribution in [2.45, 2.75) is 31.6 Å². The van der Waals surface area contributed by atoms with E-state index in [-0.39, 0.29) is 45.5 Å². The van der Waals surface area contributed by atoms with Gasteiger partial charge in [-0.25, -0.2) is 9.59 Å². The Kier molecular flexibility index (Phi) is 8.57. The van der Waals surface area contributed by atoms with Gasteiger partial charge >= 0.3 is 12.4 Å². The van der Waals surface area contributed by atoms with Crippen LogP contribution in [0.25, 0.3) is 0 Å². The third kappa shape index (κ3) is 6.21. The topological polar surface area (TPSA) is 77.3 Å². The molecular formula is C31H20F6N2O4. The van der Waals surface area contributed by atoms with Gasteiger partial charge in [0.1, 0.15) is 23.0 Å². The molecule has 0 unspecified atom stereocenters. The fourth-order valence-electron chi connectivity index (χ4n) is 4.51. The van der Waals surface area contributed by atoms with Gasteiger partial charge in [0.15, 0.2) is 0 Å². The highest BCUT2D eigenvalue weighted by molar-refractivity contribution is 5.54. The van der Waals surface area contributed by atoms with Crippen molar-refractivity contribution in [3.8, 4) is 23.0 Å². The van der Waals surface area contributed by atoms with Crippen LogP contribution in [-0.2, 0) is 15.0 Å². The molecule has 220 valence electrons. The fourth-order valence-corrected chi connectivity index (χ4v) is 4.51. The van der Waals surface area contributed by atoms with Crippen molar-refractivity contribution < 1.29 is 45.4 Å². The largest absolute Gasteiger partial charge is 0.457 e. The monoisotopic (exact) mass is 598 g/mol. The lowest BCUT2D eigenvalue weighted by Crippen LogP contribution is -2.54. The van der Waals surface area contributed by atoms with Gasteiger partial charge in [0, 0.05) is 0 Å². The molecule has 0 aliphatic carbocycles. The molecule has 0 aliphatic heterocycles. The van der Waals surface area contributed by atoms with Crippen molar-refractivity contribution in [2.24, 2.45) is 9.98 Å². The van der Waals surface area contributed by atoms with Crippen LogP contribution in [0.15, 0.2) is 94.9 Å². The first kappa shape index (κ1) is 30.8. The first-order chi connectivity index (χ1) is 20.3. The Hall–Kier alpha value is -5.18. The molecule has 0 radical (unpaired) electrons. The van der Waals surface area contributed by atoms with Crippen LogP contribution >= 0.6 is 0 Å². The molecule has 0 amide bonds. The minimum absolute atomic E-state index is 0.0180. The number of halogens is 6. The van der Waals surface area contributed by atoms with Gasteiger partial charge in [-0.3, -0.25) is 0 Å². The average molecular weight is 598 g/mol. The summed E-state index contributed by atoms with van der Waals surface area (Å²) < 4.78 is 99.8. The van der Waals surface area contributed by atoms with Gasteiger partial charge in [-0.1, -0.05) is 24.3 Å². The minimum atomic E-state index is -5.79. The normalized spacial score (nSPS) is 11.7. The van der Waals surface area contributed by atoms with Gasteiger partial charge in [-0.2, -0.15) is 36.3 Å². The van der Waals surface area contributed by atoms with Crippen LogP contribution in [0.5, 0.6) is 23.0 Å². The number of aliphatic imine (C=N–C) groups is 2. The summed E-state index contributed by atoms with van der Waals surface area (Å²) >= 11 is 0. The molecule has 0 N–H and O–H groups in total. The minimum Gasteiger partial charge on any atom is -0.457 e. The van der Waals surface area contributed by atoms with Crippen molar-refractivity contribution in [3.05, 3.63) is 107 Å². The maximum atomic E-state index is 14.7. The number of hydrogen-bond acceptors (Lipinski definition) is 6. The SMILES string of the molecule is Cc1cc(C(c2ccc(Oc3ccc(N=C=O)cc3)c(C)c2)(C(F)(F)F)C(F)(F)F)ccc1Oc1ccc(N=C=O)cc1. The van der Waals surface area contributed by atoms with Crippen molar-refractivity contribution in [1.29, 1.82) is 0 Å². The summed E-state index contributed by atoms with van der Waals surface area (Å²) in [5.41, 5.74) is -5.88. The summed E-state index contributed by atoms with van der Waals surface area (Å²) in [7, 11) is 0. The zero-order valence-corrected chi connectivity index (χ0v) is 22.4. The number of rotatable bonds is 8. The molecule has 43 heavy (non-hydrogen) atoms. The van der Waals surface area contributed by atoms with Gasteiger partial charge in [0.2, 0.25) is 17.6 Å². The van der Waals surface area contributed by atoms with Crippen LogP contribution in [-0.4, -0.2) is 24.5 Å². The number of nitrogens with zero attached hydrogens (tertiary/aromatic N) is 2. The Morgan fingerprint density at radius 1 is 0.558 bits per heavy atom. The summed E-state index contributed by atoms with van der Waals surface area (Å²) in [5, 5.41) is 0. The first-order valence-electron chi connectivity index (χ1n) is 12.4. The molecule has 0 heterocycles. The molecule has 4 aromatic carbocycles. The molecule has 0 spiro atoms. The van der Waals surface area contributed by atoms with E-state index in [1.54, 1.807) is 0 Å². The maximum Gasteiger partial charge on any atom is 0.411 e. The van der Waals surface area contributed by atoms with Gasteiger partial charge in [-0.15, -0.1) is 0 Å². The van der Waals surface area contributed by atoms with Crippen LogP contribution < -0.4 is 9.47 Å². The summed E-state index contributed by atoms with van der Waals surface area (Å²) in [4.78, 5) is 27.6. The van der Waals surface area contributed by atoms with Crippen molar-refractivity contribution in [1.82, 2.24) is 0 Å². The Balaban J connectivity index is 1.75. The standard InChI is InChI=1S/C31H20F6N2O4/c1-19-15-21(3-13-27(19)42-25-9-5-23(6-10-25)38-17-40)29(30(32,33)34,31(35,36)37)22-4-14-28(20(2)16-22)43-26-11-7-24(8-12-26)39-18-41/h3-16H,1-2H3. The number of aryl methyl sites for hydroxylation is 2. The molecule has 4 rings (SSSR count). The summed E-state index contributed by atoms with van der Waals surface area (Å²) in [6.07, 6.45) is -8.84. The molecular weight excluding hydrogens is 578 g/mol. The van der Waals surface area contributed by atoms with E-state index in [0.717, 1.165) is 36.4 Å². The zero-order chi connectivity index (χ0) is 31.4. The second kappa shape index (κ2) is 12.0. The number of carbonyl (C=O) groups excluding carboxylic acids is 2. The first-order valence-corrected chi connectivity index (χ1v) is 12.4. The van der Waals surface area contributed by atoms with E-state index in [9.17, 15) is 35.9 Å². The number of alkyl halides is 6. The zero-order valence-electron chi connectivity index (χ0n) is 22.4. The number of ether oxygens (including phenoxy) is 2.